The van der Waals surface area contributed by atoms with Crippen LogP contribution in [0.25, 0.3) is 0 Å². The van der Waals surface area contributed by atoms with E-state index in [1.807, 2.05) is 38.0 Å². The fourth-order valence-corrected chi connectivity index (χ4v) is 2.31. The van der Waals surface area contributed by atoms with Crippen molar-refractivity contribution in [3.05, 3.63) is 41.1 Å². The van der Waals surface area contributed by atoms with Crippen LogP contribution in [0.4, 0.5) is 0 Å². The van der Waals surface area contributed by atoms with Crippen LogP contribution in [0, 0.1) is 13.8 Å². The second-order valence-corrected chi connectivity index (χ2v) is 4.93. The van der Waals surface area contributed by atoms with Gasteiger partial charge in [0.05, 0.1) is 6.20 Å². The van der Waals surface area contributed by atoms with Gasteiger partial charge in [0.1, 0.15) is 11.5 Å². The molecule has 0 aromatic carbocycles. The first kappa shape index (κ1) is 12.9. The number of furan rings is 1. The first-order valence-corrected chi connectivity index (χ1v) is 6.29. The second-order valence-electron chi connectivity index (χ2n) is 4.93. The Balaban J connectivity index is 2.07. The van der Waals surface area contributed by atoms with E-state index in [9.17, 15) is 0 Å². The van der Waals surface area contributed by atoms with Gasteiger partial charge in [-0.1, -0.05) is 0 Å². The summed E-state index contributed by atoms with van der Waals surface area (Å²) in [6.07, 6.45) is 3.94. The average Bonchev–Trinajstić information content (AvgIpc) is 2.84. The van der Waals surface area contributed by atoms with E-state index in [0.29, 0.717) is 0 Å². The van der Waals surface area contributed by atoms with Crippen molar-refractivity contribution in [1.82, 2.24) is 15.1 Å². The minimum absolute atomic E-state index is 0.262. The van der Waals surface area contributed by atoms with Crippen molar-refractivity contribution in [3.63, 3.8) is 0 Å². The van der Waals surface area contributed by atoms with Gasteiger partial charge in [-0.3, -0.25) is 4.68 Å². The predicted molar refractivity (Wildman–Crippen MR) is 71.4 cm³/mol. The lowest BCUT2D eigenvalue weighted by Gasteiger charge is -2.18. The Morgan fingerprint density at radius 3 is 2.50 bits per heavy atom. The fourth-order valence-electron chi connectivity index (χ4n) is 2.31. The molecule has 2 unspecified atom stereocenters. The Morgan fingerprint density at radius 2 is 2.00 bits per heavy atom. The van der Waals surface area contributed by atoms with Gasteiger partial charge >= 0.3 is 0 Å². The summed E-state index contributed by atoms with van der Waals surface area (Å²) in [7, 11) is 1.93. The highest BCUT2D eigenvalue weighted by atomic mass is 16.3. The van der Waals surface area contributed by atoms with Gasteiger partial charge in [0, 0.05) is 36.5 Å². The molecule has 98 valence electrons. The van der Waals surface area contributed by atoms with Crippen LogP contribution < -0.4 is 5.32 Å². The topological polar surface area (TPSA) is 43.0 Å². The van der Waals surface area contributed by atoms with E-state index in [2.05, 4.69) is 30.3 Å². The summed E-state index contributed by atoms with van der Waals surface area (Å²) >= 11 is 0. The van der Waals surface area contributed by atoms with Crippen LogP contribution in [-0.4, -0.2) is 9.78 Å². The highest BCUT2D eigenvalue weighted by Gasteiger charge is 2.16. The molecule has 0 fully saturated rings. The molecule has 0 aliphatic rings. The third-order valence-electron chi connectivity index (χ3n) is 3.27. The van der Waals surface area contributed by atoms with Crippen LogP contribution in [0.2, 0.25) is 0 Å². The normalized spacial score (nSPS) is 14.7. The molecule has 0 aliphatic carbocycles. The molecule has 0 radical (unpaired) electrons. The molecule has 4 heteroatoms. The number of aryl methyl sites for hydroxylation is 3. The van der Waals surface area contributed by atoms with Crippen LogP contribution in [0.1, 0.15) is 48.6 Å². The Hall–Kier alpha value is -1.55. The maximum absolute atomic E-state index is 5.57. The van der Waals surface area contributed by atoms with Crippen molar-refractivity contribution >= 4 is 0 Å². The van der Waals surface area contributed by atoms with E-state index in [4.69, 9.17) is 4.42 Å². The molecule has 2 atom stereocenters. The number of nitrogens with zero attached hydrogens (tertiary/aromatic N) is 2. The molecule has 0 amide bonds. The van der Waals surface area contributed by atoms with E-state index in [0.717, 1.165) is 11.5 Å². The fraction of sp³-hybridized carbons (Fsp3) is 0.500. The Morgan fingerprint density at radius 1 is 1.28 bits per heavy atom. The van der Waals surface area contributed by atoms with Gasteiger partial charge in [0.15, 0.2) is 0 Å². The zero-order valence-corrected chi connectivity index (χ0v) is 11.7. The zero-order valence-electron chi connectivity index (χ0n) is 11.7. The Bertz CT molecular complexity index is 527. The first-order chi connectivity index (χ1) is 8.47. The monoisotopic (exact) mass is 247 g/mol. The molecule has 0 aliphatic heterocycles. The summed E-state index contributed by atoms with van der Waals surface area (Å²) in [6, 6.07) is 2.63. The smallest absolute Gasteiger partial charge is 0.105 e. The van der Waals surface area contributed by atoms with Crippen LogP contribution in [0.5, 0.6) is 0 Å². The van der Waals surface area contributed by atoms with Crippen LogP contribution in [0.3, 0.4) is 0 Å². The lowest BCUT2D eigenvalue weighted by molar-refractivity contribution is 0.469. The molecular formula is C14H21N3O. The molecule has 18 heavy (non-hydrogen) atoms. The van der Waals surface area contributed by atoms with Gasteiger partial charge in [-0.25, -0.2) is 0 Å². The van der Waals surface area contributed by atoms with Crippen molar-refractivity contribution in [2.45, 2.75) is 39.8 Å². The molecule has 2 aromatic heterocycles. The summed E-state index contributed by atoms with van der Waals surface area (Å²) in [6.45, 7) is 8.29. The maximum Gasteiger partial charge on any atom is 0.105 e. The molecular weight excluding hydrogens is 226 g/mol. The quantitative estimate of drug-likeness (QED) is 0.903. The standard InChI is InChI=1S/C14H21N3O/c1-9-6-14(12(4)18-9)11(3)16-10(2)13-7-15-17(5)8-13/h6-8,10-11,16H,1-5H3. The van der Waals surface area contributed by atoms with E-state index in [1.54, 1.807) is 0 Å². The zero-order chi connectivity index (χ0) is 13.3. The van der Waals surface area contributed by atoms with Gasteiger partial charge in [0.25, 0.3) is 0 Å². The van der Waals surface area contributed by atoms with Gasteiger partial charge in [-0.2, -0.15) is 5.10 Å². The molecule has 0 spiro atoms. The molecule has 2 heterocycles. The van der Waals surface area contributed by atoms with Crippen molar-refractivity contribution in [1.29, 1.82) is 0 Å². The van der Waals surface area contributed by atoms with Crippen molar-refractivity contribution in [3.8, 4) is 0 Å². The third kappa shape index (κ3) is 2.64. The highest BCUT2D eigenvalue weighted by Crippen LogP contribution is 2.24. The summed E-state index contributed by atoms with van der Waals surface area (Å²) in [5.41, 5.74) is 2.42. The largest absolute Gasteiger partial charge is 0.466 e. The van der Waals surface area contributed by atoms with Crippen molar-refractivity contribution in [2.24, 2.45) is 7.05 Å². The second kappa shape index (κ2) is 4.98. The number of aromatic nitrogens is 2. The Labute approximate surface area is 108 Å². The molecule has 4 nitrogen and oxygen atoms in total. The minimum Gasteiger partial charge on any atom is -0.466 e. The molecule has 1 N–H and O–H groups in total. The third-order valence-corrected chi connectivity index (χ3v) is 3.27. The molecule has 2 rings (SSSR count). The summed E-state index contributed by atoms with van der Waals surface area (Å²) < 4.78 is 7.40. The SMILES string of the molecule is Cc1cc(C(C)NC(C)c2cnn(C)c2)c(C)o1. The number of rotatable bonds is 4. The van der Waals surface area contributed by atoms with Gasteiger partial charge in [0.2, 0.25) is 0 Å². The molecule has 0 saturated heterocycles. The maximum atomic E-state index is 5.57. The van der Waals surface area contributed by atoms with Gasteiger partial charge in [-0.05, 0) is 33.8 Å². The lowest BCUT2D eigenvalue weighted by Crippen LogP contribution is -2.22. The molecule has 2 aromatic rings. The summed E-state index contributed by atoms with van der Waals surface area (Å²) in [5, 5.41) is 7.76. The van der Waals surface area contributed by atoms with Crippen LogP contribution in [-0.2, 0) is 7.05 Å². The number of nitrogens with one attached hydrogen (secondary N) is 1. The molecule has 0 saturated carbocycles. The van der Waals surface area contributed by atoms with Crippen molar-refractivity contribution in [2.75, 3.05) is 0 Å². The Kier molecular flexibility index (Phi) is 3.57. The summed E-state index contributed by atoms with van der Waals surface area (Å²) in [5.74, 6) is 1.95. The minimum atomic E-state index is 0.262. The van der Waals surface area contributed by atoms with Gasteiger partial charge < -0.3 is 9.73 Å². The average molecular weight is 247 g/mol. The van der Waals surface area contributed by atoms with Crippen LogP contribution in [0.15, 0.2) is 22.9 Å². The van der Waals surface area contributed by atoms with E-state index in [-0.39, 0.29) is 12.1 Å². The summed E-state index contributed by atoms with van der Waals surface area (Å²) in [4.78, 5) is 0. The van der Waals surface area contributed by atoms with E-state index in [1.165, 1.54) is 11.1 Å². The van der Waals surface area contributed by atoms with Crippen molar-refractivity contribution < 1.29 is 4.42 Å². The molecule has 0 bridgehead atoms. The van der Waals surface area contributed by atoms with Gasteiger partial charge in [-0.15, -0.1) is 0 Å². The van der Waals surface area contributed by atoms with Crippen LogP contribution >= 0.6 is 0 Å². The first-order valence-electron chi connectivity index (χ1n) is 6.29. The predicted octanol–water partition coefficient (Wildman–Crippen LogP) is 3.04. The lowest BCUT2D eigenvalue weighted by atomic mass is 10.1. The van der Waals surface area contributed by atoms with E-state index < -0.39 is 0 Å². The highest BCUT2D eigenvalue weighted by molar-refractivity contribution is 5.24. The number of hydrogen-bond donors (Lipinski definition) is 1. The van der Waals surface area contributed by atoms with E-state index >= 15 is 0 Å². The number of hydrogen-bond acceptors (Lipinski definition) is 3.